The number of rotatable bonds is 5. The Hall–Kier alpha value is -0.450. The van der Waals surface area contributed by atoms with E-state index in [1.807, 2.05) is 20.8 Å². The minimum atomic E-state index is -0.995. The maximum Gasteiger partial charge on any atom is 0.214 e. The second-order valence-corrected chi connectivity index (χ2v) is 3.49. The van der Waals surface area contributed by atoms with E-state index in [0.29, 0.717) is 13.0 Å². The van der Waals surface area contributed by atoms with E-state index in [9.17, 15) is 4.79 Å². The number of nitrogens with one attached hydrogen (secondary N) is 1. The van der Waals surface area contributed by atoms with Gasteiger partial charge in [0.1, 0.15) is 6.29 Å². The number of carbonyl (C=O) groups excluding carboxylic acids is 1. The summed E-state index contributed by atoms with van der Waals surface area (Å²) in [6.07, 6.45) is 0.173. The Morgan fingerprint density at radius 3 is 2.58 bits per heavy atom. The number of hydrogen-bond donors (Lipinski definition) is 2. The Morgan fingerprint density at radius 2 is 2.17 bits per heavy atom. The lowest BCUT2D eigenvalue weighted by Crippen LogP contribution is -2.38. The van der Waals surface area contributed by atoms with E-state index in [1.165, 1.54) is 0 Å². The van der Waals surface area contributed by atoms with Crippen molar-refractivity contribution >= 4 is 6.29 Å². The fourth-order valence-corrected chi connectivity index (χ4v) is 0.642. The quantitative estimate of drug-likeness (QED) is 0.357. The number of ether oxygens (including phenoxy) is 1. The van der Waals surface area contributed by atoms with Crippen LogP contribution in [0.25, 0.3) is 0 Å². The minimum Gasteiger partial charge on any atom is -0.356 e. The van der Waals surface area contributed by atoms with Crippen LogP contribution in [0.5, 0.6) is 0 Å². The summed E-state index contributed by atoms with van der Waals surface area (Å²) in [6.45, 7) is 5.97. The largest absolute Gasteiger partial charge is 0.356 e. The van der Waals surface area contributed by atoms with Gasteiger partial charge in [0.25, 0.3) is 0 Å². The van der Waals surface area contributed by atoms with E-state index < -0.39 is 6.41 Å². The highest BCUT2D eigenvalue weighted by molar-refractivity contribution is 5.49. The molecule has 4 heteroatoms. The van der Waals surface area contributed by atoms with Gasteiger partial charge < -0.3 is 14.6 Å². The Labute approximate surface area is 72.9 Å². The molecule has 0 aromatic carbocycles. The summed E-state index contributed by atoms with van der Waals surface area (Å²) in [4.78, 5) is 9.91. The number of carbonyl (C=O) groups is 1. The van der Waals surface area contributed by atoms with Crippen LogP contribution in [0.2, 0.25) is 0 Å². The van der Waals surface area contributed by atoms with Gasteiger partial charge in [-0.05, 0) is 20.8 Å². The first-order valence-electron chi connectivity index (χ1n) is 3.98. The van der Waals surface area contributed by atoms with E-state index in [4.69, 9.17) is 9.84 Å². The Morgan fingerprint density at radius 1 is 1.58 bits per heavy atom. The van der Waals surface area contributed by atoms with Gasteiger partial charge in [0.15, 0.2) is 0 Å². The van der Waals surface area contributed by atoms with Crippen molar-refractivity contribution in [3.63, 3.8) is 0 Å². The highest BCUT2D eigenvalue weighted by Crippen LogP contribution is 2.07. The fraction of sp³-hybridized carbons (Fsp3) is 0.875. The molecule has 0 aliphatic heterocycles. The molecule has 1 unspecified atom stereocenters. The number of aliphatic hydroxyl groups is 1. The van der Waals surface area contributed by atoms with Crippen LogP contribution in [-0.2, 0) is 9.53 Å². The van der Waals surface area contributed by atoms with Crippen molar-refractivity contribution in [2.24, 2.45) is 0 Å². The lowest BCUT2D eigenvalue weighted by Gasteiger charge is -2.24. The summed E-state index contributed by atoms with van der Waals surface area (Å²) >= 11 is 0. The maximum absolute atomic E-state index is 9.91. The Kier molecular flexibility index (Phi) is 5.04. The van der Waals surface area contributed by atoms with Gasteiger partial charge >= 0.3 is 0 Å². The van der Waals surface area contributed by atoms with E-state index >= 15 is 0 Å². The van der Waals surface area contributed by atoms with Gasteiger partial charge in [-0.1, -0.05) is 0 Å². The van der Waals surface area contributed by atoms with Gasteiger partial charge in [-0.15, -0.1) is 0 Å². The third-order valence-electron chi connectivity index (χ3n) is 1.05. The fourth-order valence-electron chi connectivity index (χ4n) is 0.642. The molecule has 0 aromatic heterocycles. The van der Waals surface area contributed by atoms with Crippen molar-refractivity contribution in [1.29, 1.82) is 0 Å². The second kappa shape index (κ2) is 5.24. The van der Waals surface area contributed by atoms with Gasteiger partial charge in [-0.2, -0.15) is 0 Å². The second-order valence-electron chi connectivity index (χ2n) is 3.49. The Balaban J connectivity index is 3.46. The third-order valence-corrected chi connectivity index (χ3v) is 1.05. The average molecular weight is 175 g/mol. The molecule has 0 bridgehead atoms. The molecule has 72 valence electrons. The SMILES string of the molecule is CC(C)(C)OC(O)NCCC=O. The zero-order valence-corrected chi connectivity index (χ0v) is 7.83. The highest BCUT2D eigenvalue weighted by atomic mass is 16.6. The van der Waals surface area contributed by atoms with E-state index in [1.54, 1.807) is 0 Å². The molecule has 0 aliphatic carbocycles. The molecule has 2 N–H and O–H groups in total. The van der Waals surface area contributed by atoms with Crippen molar-refractivity contribution in [3.05, 3.63) is 0 Å². The molecule has 0 aliphatic rings. The third kappa shape index (κ3) is 7.65. The summed E-state index contributed by atoms with van der Waals surface area (Å²) in [5.74, 6) is 0. The molecule has 12 heavy (non-hydrogen) atoms. The molecule has 0 saturated carbocycles. The van der Waals surface area contributed by atoms with Crippen molar-refractivity contribution in [2.45, 2.75) is 39.2 Å². The summed E-state index contributed by atoms with van der Waals surface area (Å²) in [5.41, 5.74) is -0.381. The van der Waals surface area contributed by atoms with Crippen LogP contribution in [0.1, 0.15) is 27.2 Å². The first kappa shape index (κ1) is 11.6. The minimum absolute atomic E-state index is 0.380. The lowest BCUT2D eigenvalue weighted by atomic mass is 10.2. The first-order chi connectivity index (χ1) is 5.45. The van der Waals surface area contributed by atoms with Gasteiger partial charge in [0.2, 0.25) is 6.41 Å². The van der Waals surface area contributed by atoms with Crippen LogP contribution in [-0.4, -0.2) is 30.0 Å². The molecular formula is C8H17NO3. The smallest absolute Gasteiger partial charge is 0.214 e. The number of aldehydes is 1. The van der Waals surface area contributed by atoms with Crippen LogP contribution >= 0.6 is 0 Å². The zero-order chi connectivity index (χ0) is 9.61. The van der Waals surface area contributed by atoms with Crippen LogP contribution < -0.4 is 5.32 Å². The van der Waals surface area contributed by atoms with Gasteiger partial charge in [0, 0.05) is 13.0 Å². The van der Waals surface area contributed by atoms with E-state index in [0.717, 1.165) is 6.29 Å². The standard InChI is InChI=1S/C8H17NO3/c1-8(2,3)12-7(11)9-5-4-6-10/h6-7,9,11H,4-5H2,1-3H3. The van der Waals surface area contributed by atoms with Crippen LogP contribution in [0.4, 0.5) is 0 Å². The van der Waals surface area contributed by atoms with Gasteiger partial charge in [0.05, 0.1) is 5.60 Å². The molecule has 0 spiro atoms. The molecule has 0 saturated heterocycles. The lowest BCUT2D eigenvalue weighted by molar-refractivity contribution is -0.181. The normalized spacial score (nSPS) is 14.3. The number of aliphatic hydroxyl groups excluding tert-OH is 1. The first-order valence-corrected chi connectivity index (χ1v) is 3.98. The van der Waals surface area contributed by atoms with E-state index in [2.05, 4.69) is 5.32 Å². The maximum atomic E-state index is 9.91. The van der Waals surface area contributed by atoms with Crippen molar-refractivity contribution < 1.29 is 14.6 Å². The molecule has 0 heterocycles. The topological polar surface area (TPSA) is 58.6 Å². The predicted molar refractivity (Wildman–Crippen MR) is 45.5 cm³/mol. The molecule has 4 nitrogen and oxygen atoms in total. The highest BCUT2D eigenvalue weighted by Gasteiger charge is 2.15. The Bertz CT molecular complexity index is 131. The molecule has 1 atom stereocenters. The van der Waals surface area contributed by atoms with Crippen LogP contribution in [0, 0.1) is 0 Å². The molecule has 0 radical (unpaired) electrons. The average Bonchev–Trinajstić information content (AvgIpc) is 1.84. The summed E-state index contributed by atoms with van der Waals surface area (Å²) in [6, 6.07) is 0. The molecule has 0 rings (SSSR count). The van der Waals surface area contributed by atoms with Gasteiger partial charge in [-0.3, -0.25) is 5.32 Å². The molecule has 0 fully saturated rings. The van der Waals surface area contributed by atoms with Crippen molar-refractivity contribution in [2.75, 3.05) is 6.54 Å². The van der Waals surface area contributed by atoms with Crippen LogP contribution in [0.3, 0.4) is 0 Å². The van der Waals surface area contributed by atoms with Crippen molar-refractivity contribution in [3.8, 4) is 0 Å². The van der Waals surface area contributed by atoms with E-state index in [-0.39, 0.29) is 5.60 Å². The summed E-state index contributed by atoms with van der Waals surface area (Å²) < 4.78 is 5.11. The summed E-state index contributed by atoms with van der Waals surface area (Å²) in [7, 11) is 0. The molecule has 0 aromatic rings. The van der Waals surface area contributed by atoms with Crippen molar-refractivity contribution in [1.82, 2.24) is 5.32 Å². The molecule has 0 amide bonds. The zero-order valence-electron chi connectivity index (χ0n) is 7.83. The monoisotopic (exact) mass is 175 g/mol. The predicted octanol–water partition coefficient (Wildman–Crippen LogP) is 0.256. The van der Waals surface area contributed by atoms with Crippen LogP contribution in [0.15, 0.2) is 0 Å². The summed E-state index contributed by atoms with van der Waals surface area (Å²) in [5, 5.41) is 11.8. The molecular weight excluding hydrogens is 158 g/mol. The van der Waals surface area contributed by atoms with Gasteiger partial charge in [-0.25, -0.2) is 0 Å². The number of hydrogen-bond acceptors (Lipinski definition) is 4.